The largest absolute Gasteiger partial charge is 0.368 e. The highest BCUT2D eigenvalue weighted by molar-refractivity contribution is 5.92. The topological polar surface area (TPSA) is 120 Å². The van der Waals surface area contributed by atoms with E-state index in [9.17, 15) is 20.2 Å². The number of nitro benzene ring substituents is 2. The Balaban J connectivity index is 1.42. The molecular weight excluding hydrogens is 352 g/mol. The van der Waals surface area contributed by atoms with E-state index in [1.165, 1.54) is 37.8 Å². The molecule has 4 atom stereocenters. The average molecular weight is 372 g/mol. The number of hydrogen-bond donors (Lipinski definition) is 1. The first-order valence-electron chi connectivity index (χ1n) is 9.35. The molecule has 0 amide bonds. The third kappa shape index (κ3) is 2.17. The SMILES string of the molecule is O=[N+]([O-])c1ccc(N/N=C2/C[C@]34CCCC[C@@]35C[C@H]2O[C@@H]5C4)c([N+](=O)[O-])c1. The van der Waals surface area contributed by atoms with Crippen molar-refractivity contribution in [3.05, 3.63) is 38.4 Å². The van der Waals surface area contributed by atoms with E-state index < -0.39 is 9.85 Å². The van der Waals surface area contributed by atoms with Crippen molar-refractivity contribution < 1.29 is 14.6 Å². The molecule has 1 N–H and O–H groups in total. The quantitative estimate of drug-likeness (QED) is 0.634. The van der Waals surface area contributed by atoms with Gasteiger partial charge in [0.1, 0.15) is 5.69 Å². The maximum atomic E-state index is 11.3. The van der Waals surface area contributed by atoms with Crippen LogP contribution >= 0.6 is 0 Å². The lowest BCUT2D eigenvalue weighted by Gasteiger charge is -2.64. The first-order valence-corrected chi connectivity index (χ1v) is 9.35. The van der Waals surface area contributed by atoms with Crippen LogP contribution in [0.25, 0.3) is 0 Å². The second-order valence-electron chi connectivity index (χ2n) is 8.27. The lowest BCUT2D eigenvalue weighted by molar-refractivity contribution is -0.393. The predicted molar refractivity (Wildman–Crippen MR) is 96.7 cm³/mol. The maximum absolute atomic E-state index is 11.3. The Morgan fingerprint density at radius 1 is 1.15 bits per heavy atom. The lowest BCUT2D eigenvalue weighted by Crippen LogP contribution is -2.62. The number of benzene rings is 1. The van der Waals surface area contributed by atoms with E-state index in [2.05, 4.69) is 10.5 Å². The number of hydrogen-bond acceptors (Lipinski definition) is 7. The van der Waals surface area contributed by atoms with E-state index in [-0.39, 0.29) is 28.6 Å². The average Bonchev–Trinajstić information content (AvgIpc) is 2.78. The van der Waals surface area contributed by atoms with Crippen LogP contribution < -0.4 is 5.43 Å². The van der Waals surface area contributed by atoms with Crippen molar-refractivity contribution >= 4 is 22.8 Å². The summed E-state index contributed by atoms with van der Waals surface area (Å²) in [6.07, 6.45) is 8.25. The molecule has 1 saturated heterocycles. The number of hydrazone groups is 1. The van der Waals surface area contributed by atoms with E-state index in [0.717, 1.165) is 31.0 Å². The van der Waals surface area contributed by atoms with Gasteiger partial charge in [-0.1, -0.05) is 12.8 Å². The highest BCUT2D eigenvalue weighted by atomic mass is 16.6. The van der Waals surface area contributed by atoms with Gasteiger partial charge in [0.05, 0.1) is 33.8 Å². The van der Waals surface area contributed by atoms with Gasteiger partial charge in [0.25, 0.3) is 5.69 Å². The minimum atomic E-state index is -0.648. The number of anilines is 1. The van der Waals surface area contributed by atoms with Crippen molar-refractivity contribution in [2.24, 2.45) is 15.9 Å². The monoisotopic (exact) mass is 372 g/mol. The molecule has 1 heterocycles. The summed E-state index contributed by atoms with van der Waals surface area (Å²) in [5.74, 6) is 0. The standard InChI is InChI=1S/C18H20N4O5/c23-21(24)11-3-4-12(14(7-11)22(25)26)19-20-13-8-17-5-1-2-6-18(17)9-15(13)27-16(18)10-17/h3-4,7,15-16,19H,1-2,5-6,8-10H2/b20-13-/t15-,16-,17+,18+/m1/s1. The molecule has 1 aromatic carbocycles. The third-order valence-electron chi connectivity index (χ3n) is 7.26. The molecule has 0 radical (unpaired) electrons. The van der Waals surface area contributed by atoms with Crippen LogP contribution in [-0.4, -0.2) is 27.8 Å². The molecule has 3 saturated carbocycles. The second-order valence-corrected chi connectivity index (χ2v) is 8.27. The molecule has 4 fully saturated rings. The van der Waals surface area contributed by atoms with E-state index in [1.807, 2.05) is 0 Å². The van der Waals surface area contributed by atoms with Crippen molar-refractivity contribution in [3.8, 4) is 0 Å². The number of rotatable bonds is 4. The van der Waals surface area contributed by atoms with Gasteiger partial charge in [0, 0.05) is 11.5 Å². The number of nitro groups is 2. The van der Waals surface area contributed by atoms with Crippen LogP contribution in [-0.2, 0) is 4.74 Å². The summed E-state index contributed by atoms with van der Waals surface area (Å²) in [6.45, 7) is 0. The molecule has 1 aromatic rings. The van der Waals surface area contributed by atoms with Crippen LogP contribution in [0.1, 0.15) is 44.9 Å². The summed E-state index contributed by atoms with van der Waals surface area (Å²) < 4.78 is 6.24. The van der Waals surface area contributed by atoms with Crippen LogP contribution in [0.3, 0.4) is 0 Å². The summed E-state index contributed by atoms with van der Waals surface area (Å²) in [5, 5.41) is 26.6. The fourth-order valence-electron chi connectivity index (χ4n) is 5.97. The molecule has 9 heteroatoms. The molecule has 142 valence electrons. The molecular formula is C18H20N4O5. The van der Waals surface area contributed by atoms with E-state index in [0.29, 0.717) is 11.5 Å². The number of ether oxygens (including phenoxy) is 1. The summed E-state index contributed by atoms with van der Waals surface area (Å²) in [5.41, 5.74) is 3.80. The van der Waals surface area contributed by atoms with Crippen LogP contribution in [0.2, 0.25) is 0 Å². The van der Waals surface area contributed by atoms with Crippen LogP contribution in [0.4, 0.5) is 17.1 Å². The van der Waals surface area contributed by atoms with E-state index >= 15 is 0 Å². The molecule has 5 rings (SSSR count). The Morgan fingerprint density at radius 3 is 2.74 bits per heavy atom. The maximum Gasteiger partial charge on any atom is 0.301 e. The molecule has 1 spiro atoms. The molecule has 1 aliphatic heterocycles. The normalized spacial score (nSPS) is 37.4. The second kappa shape index (κ2) is 5.48. The van der Waals surface area contributed by atoms with Gasteiger partial charge in [-0.3, -0.25) is 25.7 Å². The van der Waals surface area contributed by atoms with Gasteiger partial charge in [0.15, 0.2) is 0 Å². The smallest absolute Gasteiger partial charge is 0.301 e. The Bertz CT molecular complexity index is 887. The summed E-state index contributed by atoms with van der Waals surface area (Å²) in [4.78, 5) is 20.9. The summed E-state index contributed by atoms with van der Waals surface area (Å²) in [6, 6.07) is 3.53. The Morgan fingerprint density at radius 2 is 1.96 bits per heavy atom. The number of fused-ring (bicyclic) bond motifs is 1. The third-order valence-corrected chi connectivity index (χ3v) is 7.26. The van der Waals surface area contributed by atoms with Gasteiger partial charge in [-0.25, -0.2) is 0 Å². The molecule has 4 aliphatic rings. The van der Waals surface area contributed by atoms with Gasteiger partial charge in [-0.05, 0) is 43.6 Å². The van der Waals surface area contributed by atoms with Gasteiger partial charge in [-0.2, -0.15) is 5.10 Å². The molecule has 0 aromatic heterocycles. The van der Waals surface area contributed by atoms with Crippen molar-refractivity contribution in [1.82, 2.24) is 0 Å². The minimum Gasteiger partial charge on any atom is -0.368 e. The lowest BCUT2D eigenvalue weighted by atomic mass is 9.39. The van der Waals surface area contributed by atoms with Crippen molar-refractivity contribution in [2.45, 2.75) is 57.2 Å². The molecule has 9 nitrogen and oxygen atoms in total. The summed E-state index contributed by atoms with van der Waals surface area (Å²) >= 11 is 0. The zero-order valence-corrected chi connectivity index (χ0v) is 14.7. The Labute approximate surface area is 155 Å². The van der Waals surface area contributed by atoms with Crippen LogP contribution in [0, 0.1) is 31.1 Å². The van der Waals surface area contributed by atoms with Crippen LogP contribution in [0.5, 0.6) is 0 Å². The van der Waals surface area contributed by atoms with Gasteiger partial charge in [0.2, 0.25) is 0 Å². The van der Waals surface area contributed by atoms with E-state index in [1.54, 1.807) is 0 Å². The first-order chi connectivity index (χ1) is 12.9. The van der Waals surface area contributed by atoms with Gasteiger partial charge >= 0.3 is 5.69 Å². The zero-order chi connectivity index (χ0) is 18.8. The molecule has 2 bridgehead atoms. The van der Waals surface area contributed by atoms with Crippen LogP contribution in [0.15, 0.2) is 23.3 Å². The molecule has 3 aliphatic carbocycles. The predicted octanol–water partition coefficient (Wildman–Crippen LogP) is 3.78. The van der Waals surface area contributed by atoms with E-state index in [4.69, 9.17) is 4.74 Å². The number of non-ortho nitro benzene ring substituents is 1. The fourth-order valence-corrected chi connectivity index (χ4v) is 5.97. The highest BCUT2D eigenvalue weighted by Gasteiger charge is 2.73. The van der Waals surface area contributed by atoms with Crippen molar-refractivity contribution in [2.75, 3.05) is 5.43 Å². The highest BCUT2D eigenvalue weighted by Crippen LogP contribution is 2.74. The van der Waals surface area contributed by atoms with Crippen molar-refractivity contribution in [3.63, 3.8) is 0 Å². The van der Waals surface area contributed by atoms with Crippen molar-refractivity contribution in [1.29, 1.82) is 0 Å². The zero-order valence-electron chi connectivity index (χ0n) is 14.7. The number of nitrogens with one attached hydrogen (secondary N) is 1. The summed E-state index contributed by atoms with van der Waals surface area (Å²) in [7, 11) is 0. The Hall–Kier alpha value is -2.55. The molecule has 27 heavy (non-hydrogen) atoms. The van der Waals surface area contributed by atoms with Gasteiger partial charge < -0.3 is 4.74 Å². The fraction of sp³-hybridized carbons (Fsp3) is 0.611. The number of nitrogens with zero attached hydrogens (tertiary/aromatic N) is 3. The van der Waals surface area contributed by atoms with Gasteiger partial charge in [-0.15, -0.1) is 0 Å². The Kier molecular flexibility index (Phi) is 3.37. The minimum absolute atomic E-state index is 0.0201. The first kappa shape index (κ1) is 16.6. The molecule has 0 unspecified atom stereocenters.